The van der Waals surface area contributed by atoms with Crippen molar-refractivity contribution >= 4 is 18.5 Å². The minimum atomic E-state index is 0.125. The van der Waals surface area contributed by atoms with Crippen molar-refractivity contribution in [2.45, 2.75) is 32.7 Å². The van der Waals surface area contributed by atoms with E-state index in [9.17, 15) is 4.79 Å². The second kappa shape index (κ2) is 4.72. The average Bonchev–Trinajstić information content (AvgIpc) is 3.01. The number of carbonyl (C=O) groups excluding carboxylic acids is 1. The van der Waals surface area contributed by atoms with Crippen LogP contribution in [0.3, 0.4) is 0 Å². The summed E-state index contributed by atoms with van der Waals surface area (Å²) in [6.07, 6.45) is 4.68. The number of nitrogens with zero attached hydrogens (tertiary/aromatic N) is 2. The Morgan fingerprint density at radius 2 is 2.35 bits per heavy atom. The SMILES string of the molecule is Cc1c(CNC(=O)CC2(CS)CC2)cnn1C. The Morgan fingerprint density at radius 1 is 1.65 bits per heavy atom. The van der Waals surface area contributed by atoms with Crippen molar-refractivity contribution in [2.75, 3.05) is 5.75 Å². The largest absolute Gasteiger partial charge is 0.352 e. The van der Waals surface area contributed by atoms with Gasteiger partial charge in [-0.2, -0.15) is 17.7 Å². The van der Waals surface area contributed by atoms with Gasteiger partial charge in [-0.1, -0.05) is 0 Å². The molecule has 4 nitrogen and oxygen atoms in total. The third-order valence-electron chi connectivity index (χ3n) is 3.64. The normalized spacial score (nSPS) is 16.9. The molecule has 1 amide bonds. The first-order valence-electron chi connectivity index (χ1n) is 5.91. The quantitative estimate of drug-likeness (QED) is 0.780. The van der Waals surface area contributed by atoms with Crippen molar-refractivity contribution in [3.63, 3.8) is 0 Å². The first-order valence-corrected chi connectivity index (χ1v) is 6.55. The van der Waals surface area contributed by atoms with Gasteiger partial charge >= 0.3 is 0 Å². The smallest absolute Gasteiger partial charge is 0.220 e. The molecule has 1 aliphatic carbocycles. The predicted molar refractivity (Wildman–Crippen MR) is 69.9 cm³/mol. The molecule has 1 heterocycles. The highest BCUT2D eigenvalue weighted by molar-refractivity contribution is 7.80. The molecule has 0 aromatic carbocycles. The van der Waals surface area contributed by atoms with Gasteiger partial charge in [-0.25, -0.2) is 0 Å². The van der Waals surface area contributed by atoms with E-state index in [2.05, 4.69) is 23.0 Å². The van der Waals surface area contributed by atoms with E-state index < -0.39 is 0 Å². The number of hydrogen-bond donors (Lipinski definition) is 2. The summed E-state index contributed by atoms with van der Waals surface area (Å²) in [4.78, 5) is 11.8. The van der Waals surface area contributed by atoms with Crippen LogP contribution in [0.25, 0.3) is 0 Å². The lowest BCUT2D eigenvalue weighted by molar-refractivity contribution is -0.122. The molecule has 0 radical (unpaired) electrons. The number of hydrogen-bond acceptors (Lipinski definition) is 3. The molecule has 0 spiro atoms. The van der Waals surface area contributed by atoms with E-state index in [0.29, 0.717) is 13.0 Å². The summed E-state index contributed by atoms with van der Waals surface area (Å²) < 4.78 is 1.82. The molecular weight excluding hydrogens is 234 g/mol. The lowest BCUT2D eigenvalue weighted by Gasteiger charge is -2.11. The Morgan fingerprint density at radius 3 is 2.82 bits per heavy atom. The second-order valence-corrected chi connectivity index (χ2v) is 5.31. The van der Waals surface area contributed by atoms with E-state index in [4.69, 9.17) is 0 Å². The molecule has 17 heavy (non-hydrogen) atoms. The van der Waals surface area contributed by atoms with Gasteiger partial charge in [0.2, 0.25) is 5.91 Å². The van der Waals surface area contributed by atoms with Crippen molar-refractivity contribution in [2.24, 2.45) is 12.5 Å². The highest BCUT2D eigenvalue weighted by atomic mass is 32.1. The molecule has 1 fully saturated rings. The molecule has 5 heteroatoms. The van der Waals surface area contributed by atoms with E-state index in [1.54, 1.807) is 6.20 Å². The van der Waals surface area contributed by atoms with Gasteiger partial charge in [0.05, 0.1) is 6.20 Å². The highest BCUT2D eigenvalue weighted by Gasteiger charge is 2.42. The van der Waals surface area contributed by atoms with Gasteiger partial charge in [-0.3, -0.25) is 9.48 Å². The summed E-state index contributed by atoms with van der Waals surface area (Å²) in [5.74, 6) is 0.937. The molecule has 0 saturated heterocycles. The Bertz CT molecular complexity index is 423. The van der Waals surface area contributed by atoms with Gasteiger partial charge < -0.3 is 5.32 Å². The molecule has 0 aliphatic heterocycles. The number of rotatable bonds is 5. The van der Waals surface area contributed by atoms with Crippen molar-refractivity contribution in [1.82, 2.24) is 15.1 Å². The first-order chi connectivity index (χ1) is 8.06. The topological polar surface area (TPSA) is 46.9 Å². The van der Waals surface area contributed by atoms with Crippen LogP contribution >= 0.6 is 12.6 Å². The summed E-state index contributed by atoms with van der Waals surface area (Å²) in [6, 6.07) is 0. The van der Waals surface area contributed by atoms with Gasteiger partial charge in [0, 0.05) is 31.3 Å². The Hall–Kier alpha value is -0.970. The van der Waals surface area contributed by atoms with Gasteiger partial charge in [0.1, 0.15) is 0 Å². The van der Waals surface area contributed by atoms with Crippen LogP contribution < -0.4 is 5.32 Å². The maximum atomic E-state index is 11.8. The standard InChI is InChI=1S/C12H19N3OS/c1-9-10(7-14-15(9)2)6-13-11(16)5-12(8-17)3-4-12/h7,17H,3-6,8H2,1-2H3,(H,13,16). The van der Waals surface area contributed by atoms with Gasteiger partial charge in [0.15, 0.2) is 0 Å². The van der Waals surface area contributed by atoms with Crippen LogP contribution in [0.4, 0.5) is 0 Å². The monoisotopic (exact) mass is 253 g/mol. The third-order valence-corrected chi connectivity index (χ3v) is 4.31. The zero-order chi connectivity index (χ0) is 12.5. The summed E-state index contributed by atoms with van der Waals surface area (Å²) >= 11 is 4.30. The zero-order valence-corrected chi connectivity index (χ0v) is 11.3. The highest BCUT2D eigenvalue weighted by Crippen LogP contribution is 2.49. The number of carbonyl (C=O) groups is 1. The summed E-state index contributed by atoms with van der Waals surface area (Å²) in [6.45, 7) is 2.58. The first kappa shape index (κ1) is 12.5. The fourth-order valence-corrected chi connectivity index (χ4v) is 2.31. The van der Waals surface area contributed by atoms with Crippen molar-refractivity contribution in [3.05, 3.63) is 17.5 Å². The molecule has 1 aromatic rings. The van der Waals surface area contributed by atoms with Crippen LogP contribution in [0.2, 0.25) is 0 Å². The molecule has 0 atom stereocenters. The molecule has 0 bridgehead atoms. The molecular formula is C12H19N3OS. The fraction of sp³-hybridized carbons (Fsp3) is 0.667. The predicted octanol–water partition coefficient (Wildman–Crippen LogP) is 1.44. The summed E-state index contributed by atoms with van der Waals surface area (Å²) in [7, 11) is 1.90. The minimum Gasteiger partial charge on any atom is -0.352 e. The average molecular weight is 253 g/mol. The molecule has 1 saturated carbocycles. The van der Waals surface area contributed by atoms with Crippen molar-refractivity contribution in [1.29, 1.82) is 0 Å². The number of aryl methyl sites for hydroxylation is 1. The minimum absolute atomic E-state index is 0.125. The van der Waals surface area contributed by atoms with Gasteiger partial charge in [-0.05, 0) is 30.9 Å². The van der Waals surface area contributed by atoms with E-state index in [1.807, 2.05) is 18.7 Å². The van der Waals surface area contributed by atoms with Crippen LogP contribution in [-0.2, 0) is 18.4 Å². The van der Waals surface area contributed by atoms with Crippen LogP contribution in [0, 0.1) is 12.3 Å². The van der Waals surface area contributed by atoms with Crippen LogP contribution in [0.5, 0.6) is 0 Å². The molecule has 2 rings (SSSR count). The lowest BCUT2D eigenvalue weighted by atomic mass is 10.1. The zero-order valence-electron chi connectivity index (χ0n) is 10.4. The Kier molecular flexibility index (Phi) is 3.47. The number of aromatic nitrogens is 2. The molecule has 1 aromatic heterocycles. The number of thiol groups is 1. The van der Waals surface area contributed by atoms with Crippen LogP contribution in [-0.4, -0.2) is 21.4 Å². The van der Waals surface area contributed by atoms with Gasteiger partial charge in [-0.15, -0.1) is 0 Å². The maximum Gasteiger partial charge on any atom is 0.220 e. The van der Waals surface area contributed by atoms with Crippen LogP contribution in [0.15, 0.2) is 6.20 Å². The molecule has 0 unspecified atom stereocenters. The molecule has 1 aliphatic rings. The van der Waals surface area contributed by atoms with Crippen LogP contribution in [0.1, 0.15) is 30.5 Å². The van der Waals surface area contributed by atoms with E-state index in [0.717, 1.165) is 29.9 Å². The number of amides is 1. The van der Waals surface area contributed by atoms with Gasteiger partial charge in [0.25, 0.3) is 0 Å². The van der Waals surface area contributed by atoms with E-state index in [-0.39, 0.29) is 11.3 Å². The van der Waals surface area contributed by atoms with Crippen molar-refractivity contribution < 1.29 is 4.79 Å². The summed E-state index contributed by atoms with van der Waals surface area (Å²) in [5, 5.41) is 7.11. The van der Waals surface area contributed by atoms with E-state index in [1.165, 1.54) is 0 Å². The van der Waals surface area contributed by atoms with Crippen molar-refractivity contribution in [3.8, 4) is 0 Å². The second-order valence-electron chi connectivity index (χ2n) is 4.99. The molecule has 94 valence electrons. The molecule has 1 N–H and O–H groups in total. The lowest BCUT2D eigenvalue weighted by Crippen LogP contribution is -2.26. The summed E-state index contributed by atoms with van der Waals surface area (Å²) in [5.41, 5.74) is 2.37. The third kappa shape index (κ3) is 2.83. The van der Waals surface area contributed by atoms with E-state index >= 15 is 0 Å². The Labute approximate surface area is 107 Å². The fourth-order valence-electron chi connectivity index (χ4n) is 1.88. The maximum absolute atomic E-state index is 11.8. The number of nitrogens with one attached hydrogen (secondary N) is 1. The Balaban J connectivity index is 1.82.